The number of methoxy groups -OCH3 is 1. The maximum Gasteiger partial charge on any atom is 0.338 e. The van der Waals surface area contributed by atoms with Crippen LogP contribution in [0.3, 0.4) is 0 Å². The van der Waals surface area contributed by atoms with Crippen LogP contribution in [0.1, 0.15) is 26.3 Å². The van der Waals surface area contributed by atoms with Crippen molar-refractivity contribution in [1.29, 1.82) is 0 Å². The van der Waals surface area contributed by atoms with E-state index >= 15 is 0 Å². The molecule has 0 heterocycles. The van der Waals surface area contributed by atoms with Crippen molar-refractivity contribution >= 4 is 29.4 Å². The highest BCUT2D eigenvalue weighted by molar-refractivity contribution is 5.97. The zero-order chi connectivity index (χ0) is 21.4. The van der Waals surface area contributed by atoms with E-state index in [9.17, 15) is 19.2 Å². The van der Waals surface area contributed by atoms with Gasteiger partial charge in [-0.1, -0.05) is 6.07 Å². The van der Waals surface area contributed by atoms with E-state index in [0.717, 1.165) is 5.56 Å². The summed E-state index contributed by atoms with van der Waals surface area (Å²) in [6.07, 6.45) is 0. The smallest absolute Gasteiger partial charge is 0.338 e. The number of amides is 3. The number of rotatable bonds is 8. The summed E-state index contributed by atoms with van der Waals surface area (Å²) in [6.45, 7) is 1.00. The molecule has 0 unspecified atom stereocenters. The number of hydrogen-bond donors (Lipinski definition) is 3. The third-order valence-electron chi connectivity index (χ3n) is 3.81. The lowest BCUT2D eigenvalue weighted by atomic mass is 10.1. The summed E-state index contributed by atoms with van der Waals surface area (Å²) < 4.78 is 10.0. The fourth-order valence-corrected chi connectivity index (χ4v) is 2.33. The average molecular weight is 399 g/mol. The van der Waals surface area contributed by atoms with E-state index in [2.05, 4.69) is 10.6 Å². The second-order valence-corrected chi connectivity index (χ2v) is 6.05. The lowest BCUT2D eigenvalue weighted by Crippen LogP contribution is -2.35. The lowest BCUT2D eigenvalue weighted by molar-refractivity contribution is -0.126. The van der Waals surface area contributed by atoms with E-state index in [-0.39, 0.29) is 17.7 Å². The van der Waals surface area contributed by atoms with E-state index < -0.39 is 30.3 Å². The molecule has 0 saturated carbocycles. The van der Waals surface area contributed by atoms with Crippen molar-refractivity contribution in [3.05, 3.63) is 59.2 Å². The van der Waals surface area contributed by atoms with Crippen LogP contribution in [0.2, 0.25) is 0 Å². The molecular formula is C20H21N3O6. The van der Waals surface area contributed by atoms with Crippen molar-refractivity contribution in [1.82, 2.24) is 5.32 Å². The van der Waals surface area contributed by atoms with Crippen LogP contribution < -0.4 is 21.1 Å². The van der Waals surface area contributed by atoms with Gasteiger partial charge < -0.3 is 25.8 Å². The van der Waals surface area contributed by atoms with E-state index in [1.54, 1.807) is 12.1 Å². The number of carbonyl (C=O) groups excluding carboxylic acids is 4. The van der Waals surface area contributed by atoms with Gasteiger partial charge in [-0.25, -0.2) is 4.79 Å². The summed E-state index contributed by atoms with van der Waals surface area (Å²) >= 11 is 0. The van der Waals surface area contributed by atoms with Crippen LogP contribution >= 0.6 is 0 Å². The summed E-state index contributed by atoms with van der Waals surface area (Å²) in [4.78, 5) is 46.7. The Kier molecular flexibility index (Phi) is 7.30. The zero-order valence-corrected chi connectivity index (χ0v) is 16.0. The minimum Gasteiger partial charge on any atom is -0.495 e. The van der Waals surface area contributed by atoms with Crippen molar-refractivity contribution < 1.29 is 28.7 Å². The molecule has 29 heavy (non-hydrogen) atoms. The van der Waals surface area contributed by atoms with Crippen molar-refractivity contribution in [3.63, 3.8) is 0 Å². The lowest BCUT2D eigenvalue weighted by Gasteiger charge is -2.11. The third kappa shape index (κ3) is 6.35. The molecule has 152 valence electrons. The molecule has 0 saturated heterocycles. The maximum absolute atomic E-state index is 12.0. The molecule has 0 aliphatic carbocycles. The standard InChI is InChI=1S/C20H21N3O6/c1-12-3-8-16(28-2)15(9-12)23-17(24)10-22-18(25)11-29-20(27)14-6-4-13(5-7-14)19(21)26/h3-9H,10-11H2,1-2H3,(H2,21,26)(H,22,25)(H,23,24). The first-order valence-electron chi connectivity index (χ1n) is 8.58. The van der Waals surface area contributed by atoms with Gasteiger partial charge in [0.1, 0.15) is 5.75 Å². The number of esters is 1. The van der Waals surface area contributed by atoms with Crippen molar-refractivity contribution in [2.45, 2.75) is 6.92 Å². The molecule has 0 aliphatic heterocycles. The Morgan fingerprint density at radius 3 is 2.24 bits per heavy atom. The van der Waals surface area contributed by atoms with Gasteiger partial charge in [0.2, 0.25) is 11.8 Å². The van der Waals surface area contributed by atoms with Crippen LogP contribution in [0.5, 0.6) is 5.75 Å². The van der Waals surface area contributed by atoms with Gasteiger partial charge in [0.15, 0.2) is 6.61 Å². The summed E-state index contributed by atoms with van der Waals surface area (Å²) in [5.41, 5.74) is 6.94. The van der Waals surface area contributed by atoms with E-state index in [0.29, 0.717) is 11.4 Å². The Balaban J connectivity index is 1.79. The predicted molar refractivity (Wildman–Crippen MR) is 105 cm³/mol. The summed E-state index contributed by atoms with van der Waals surface area (Å²) in [5.74, 6) is -1.98. The van der Waals surface area contributed by atoms with Crippen LogP contribution in [0, 0.1) is 6.92 Å². The zero-order valence-electron chi connectivity index (χ0n) is 16.0. The van der Waals surface area contributed by atoms with Gasteiger partial charge >= 0.3 is 5.97 Å². The molecule has 9 nitrogen and oxygen atoms in total. The summed E-state index contributed by atoms with van der Waals surface area (Å²) in [7, 11) is 1.48. The number of carbonyl (C=O) groups is 4. The quantitative estimate of drug-likeness (QED) is 0.567. The maximum atomic E-state index is 12.0. The van der Waals surface area contributed by atoms with Gasteiger partial charge in [-0.05, 0) is 48.9 Å². The Morgan fingerprint density at radius 1 is 0.966 bits per heavy atom. The molecule has 2 rings (SSSR count). The highest BCUT2D eigenvalue weighted by atomic mass is 16.5. The van der Waals surface area contributed by atoms with Crippen molar-refractivity contribution in [2.24, 2.45) is 5.73 Å². The highest BCUT2D eigenvalue weighted by Crippen LogP contribution is 2.24. The SMILES string of the molecule is COc1ccc(C)cc1NC(=O)CNC(=O)COC(=O)c1ccc(C(N)=O)cc1. The van der Waals surface area contributed by atoms with E-state index in [1.165, 1.54) is 31.4 Å². The predicted octanol–water partition coefficient (Wildman–Crippen LogP) is 1.01. The molecule has 0 radical (unpaired) electrons. The van der Waals surface area contributed by atoms with Crippen LogP contribution in [-0.4, -0.2) is 44.0 Å². The molecule has 2 aromatic rings. The Morgan fingerprint density at radius 2 is 1.62 bits per heavy atom. The average Bonchev–Trinajstić information content (AvgIpc) is 2.70. The van der Waals surface area contributed by atoms with Crippen LogP contribution in [-0.2, 0) is 14.3 Å². The number of primary amides is 1. The van der Waals surface area contributed by atoms with Crippen molar-refractivity contribution in [2.75, 3.05) is 25.6 Å². The number of hydrogen-bond acceptors (Lipinski definition) is 6. The van der Waals surface area contributed by atoms with Gasteiger partial charge in [-0.15, -0.1) is 0 Å². The first-order valence-corrected chi connectivity index (χ1v) is 8.58. The van der Waals surface area contributed by atoms with Gasteiger partial charge in [-0.3, -0.25) is 14.4 Å². The monoisotopic (exact) mass is 399 g/mol. The van der Waals surface area contributed by atoms with Crippen LogP contribution in [0.25, 0.3) is 0 Å². The molecule has 4 N–H and O–H groups in total. The van der Waals surface area contributed by atoms with Gasteiger partial charge in [0.25, 0.3) is 5.91 Å². The van der Waals surface area contributed by atoms with Crippen molar-refractivity contribution in [3.8, 4) is 5.75 Å². The van der Waals surface area contributed by atoms with Crippen LogP contribution in [0.4, 0.5) is 5.69 Å². The molecule has 2 aromatic carbocycles. The Bertz CT molecular complexity index is 924. The first kappa shape index (κ1) is 21.4. The number of benzene rings is 2. The first-order chi connectivity index (χ1) is 13.8. The second-order valence-electron chi connectivity index (χ2n) is 6.05. The normalized spacial score (nSPS) is 10.0. The minimum atomic E-state index is -0.745. The molecule has 0 spiro atoms. The number of aryl methyl sites for hydroxylation is 1. The summed E-state index contributed by atoms with van der Waals surface area (Å²) in [5, 5.41) is 4.99. The molecule has 3 amide bonds. The molecule has 0 bridgehead atoms. The third-order valence-corrected chi connectivity index (χ3v) is 3.81. The van der Waals surface area contributed by atoms with E-state index in [1.807, 2.05) is 13.0 Å². The number of ether oxygens (including phenoxy) is 2. The fraction of sp³-hybridized carbons (Fsp3) is 0.200. The number of anilines is 1. The Hall–Kier alpha value is -3.88. The summed E-state index contributed by atoms with van der Waals surface area (Å²) in [6, 6.07) is 10.8. The molecular weight excluding hydrogens is 378 g/mol. The molecule has 0 fully saturated rings. The molecule has 0 aromatic heterocycles. The fourth-order valence-electron chi connectivity index (χ4n) is 2.33. The largest absolute Gasteiger partial charge is 0.495 e. The Labute approximate surface area is 167 Å². The molecule has 0 aliphatic rings. The highest BCUT2D eigenvalue weighted by Gasteiger charge is 2.13. The van der Waals surface area contributed by atoms with Gasteiger partial charge in [0.05, 0.1) is 24.9 Å². The topological polar surface area (TPSA) is 137 Å². The van der Waals surface area contributed by atoms with Gasteiger partial charge in [-0.2, -0.15) is 0 Å². The molecule has 9 heteroatoms. The molecule has 0 atom stereocenters. The van der Waals surface area contributed by atoms with Crippen LogP contribution in [0.15, 0.2) is 42.5 Å². The van der Waals surface area contributed by atoms with E-state index in [4.69, 9.17) is 15.2 Å². The van der Waals surface area contributed by atoms with Gasteiger partial charge in [0, 0.05) is 5.56 Å². The minimum absolute atomic E-state index is 0.159. The second kappa shape index (κ2) is 9.88. The number of nitrogens with one attached hydrogen (secondary N) is 2. The number of nitrogens with two attached hydrogens (primary N) is 1.